The van der Waals surface area contributed by atoms with Crippen LogP contribution in [0.1, 0.15) is 50.2 Å². The van der Waals surface area contributed by atoms with Crippen molar-refractivity contribution in [3.63, 3.8) is 0 Å². The second kappa shape index (κ2) is 14.5. The third-order valence-corrected chi connectivity index (χ3v) is 9.82. The Morgan fingerprint density at radius 2 is 1.59 bits per heavy atom. The number of sulfonamides is 1. The molecule has 3 aromatic rings. The molecule has 3 aromatic carbocycles. The van der Waals surface area contributed by atoms with Gasteiger partial charge >= 0.3 is 6.18 Å². The topological polar surface area (TPSA) is 86.8 Å². The zero-order valence-corrected chi connectivity index (χ0v) is 25.8. The molecule has 1 fully saturated rings. The molecule has 0 spiro atoms. The molecule has 1 atom stereocenters. The summed E-state index contributed by atoms with van der Waals surface area (Å²) in [5.74, 6) is -1.10. The molecule has 1 aliphatic rings. The Labute approximate surface area is 261 Å². The molecule has 2 amide bonds. The average molecular weight is 650 g/mol. The van der Waals surface area contributed by atoms with Crippen LogP contribution in [0.3, 0.4) is 0 Å². The Morgan fingerprint density at radius 1 is 0.977 bits per heavy atom. The fourth-order valence-electron chi connectivity index (χ4n) is 5.38. The Kier molecular flexibility index (Phi) is 11.0. The van der Waals surface area contributed by atoms with Crippen LogP contribution in [0, 0.1) is 0 Å². The van der Waals surface area contributed by atoms with E-state index in [1.807, 2.05) is 30.3 Å². The van der Waals surface area contributed by atoms with Gasteiger partial charge in [0.15, 0.2) is 0 Å². The first kappa shape index (κ1) is 33.3. The number of rotatable bonds is 12. The number of carbonyl (C=O) groups is 2. The molecule has 0 aliphatic heterocycles. The van der Waals surface area contributed by atoms with Crippen molar-refractivity contribution in [3.05, 3.63) is 95.0 Å². The number of nitrogens with zero attached hydrogens (tertiary/aromatic N) is 2. The van der Waals surface area contributed by atoms with Gasteiger partial charge in [-0.05, 0) is 61.6 Å². The van der Waals surface area contributed by atoms with Crippen LogP contribution in [0.4, 0.5) is 18.9 Å². The van der Waals surface area contributed by atoms with E-state index in [4.69, 9.17) is 11.6 Å². The number of alkyl halides is 3. The normalized spacial score (nSPS) is 14.7. The van der Waals surface area contributed by atoms with Gasteiger partial charge in [0, 0.05) is 12.6 Å². The fourth-order valence-corrected chi connectivity index (χ4v) is 7.09. The van der Waals surface area contributed by atoms with E-state index in [1.54, 1.807) is 13.0 Å². The quantitative estimate of drug-likeness (QED) is 0.244. The van der Waals surface area contributed by atoms with Gasteiger partial charge < -0.3 is 10.2 Å². The number of hydrogen-bond acceptors (Lipinski definition) is 4. The van der Waals surface area contributed by atoms with Crippen LogP contribution in [0.25, 0.3) is 0 Å². The summed E-state index contributed by atoms with van der Waals surface area (Å²) >= 11 is 6.31. The van der Waals surface area contributed by atoms with Gasteiger partial charge in [0.2, 0.25) is 11.8 Å². The minimum Gasteiger partial charge on any atom is -0.352 e. The van der Waals surface area contributed by atoms with Crippen LogP contribution in [-0.4, -0.2) is 50.3 Å². The van der Waals surface area contributed by atoms with Crippen LogP contribution in [-0.2, 0) is 32.2 Å². The Balaban J connectivity index is 1.74. The number of halogens is 4. The van der Waals surface area contributed by atoms with Crippen molar-refractivity contribution in [2.75, 3.05) is 17.4 Å². The van der Waals surface area contributed by atoms with Gasteiger partial charge in [-0.25, -0.2) is 8.42 Å². The lowest BCUT2D eigenvalue weighted by Gasteiger charge is -2.34. The predicted octanol–water partition coefficient (Wildman–Crippen LogP) is 6.46. The molecule has 0 aromatic heterocycles. The lowest BCUT2D eigenvalue weighted by Crippen LogP contribution is -2.54. The molecule has 1 aliphatic carbocycles. The zero-order chi connectivity index (χ0) is 31.9. The number of amides is 2. The van der Waals surface area contributed by atoms with Gasteiger partial charge in [0.25, 0.3) is 10.0 Å². The maximum absolute atomic E-state index is 14.1. The van der Waals surface area contributed by atoms with E-state index in [0.717, 1.165) is 43.4 Å². The van der Waals surface area contributed by atoms with Gasteiger partial charge in [-0.15, -0.1) is 0 Å². The van der Waals surface area contributed by atoms with Gasteiger partial charge in [0.05, 0.1) is 21.2 Å². The molecule has 0 radical (unpaired) electrons. The van der Waals surface area contributed by atoms with Crippen molar-refractivity contribution >= 4 is 39.1 Å². The molecule has 44 heavy (non-hydrogen) atoms. The van der Waals surface area contributed by atoms with Crippen molar-refractivity contribution < 1.29 is 31.2 Å². The smallest absolute Gasteiger partial charge is 0.352 e. The number of anilines is 1. The Bertz CT molecular complexity index is 1530. The van der Waals surface area contributed by atoms with Gasteiger partial charge in [0.1, 0.15) is 12.6 Å². The summed E-state index contributed by atoms with van der Waals surface area (Å²) in [6, 6.07) is 17.7. The summed E-state index contributed by atoms with van der Waals surface area (Å²) in [5, 5.41) is 2.74. The van der Waals surface area contributed by atoms with Crippen molar-refractivity contribution in [3.8, 4) is 0 Å². The second-order valence-electron chi connectivity index (χ2n) is 10.7. The van der Waals surface area contributed by atoms with Crippen molar-refractivity contribution in [2.45, 2.75) is 68.6 Å². The minimum atomic E-state index is -4.79. The van der Waals surface area contributed by atoms with Crippen molar-refractivity contribution in [2.24, 2.45) is 0 Å². The van der Waals surface area contributed by atoms with Crippen molar-refractivity contribution in [1.29, 1.82) is 0 Å². The maximum atomic E-state index is 14.1. The molecular weight excluding hydrogens is 615 g/mol. The monoisotopic (exact) mass is 649 g/mol. The number of carbonyl (C=O) groups excluding carboxylic acids is 2. The first-order chi connectivity index (χ1) is 20.9. The number of benzene rings is 3. The van der Waals surface area contributed by atoms with Gasteiger partial charge in [-0.1, -0.05) is 79.9 Å². The molecule has 0 unspecified atom stereocenters. The fraction of sp³-hybridized carbons (Fsp3) is 0.375. The molecule has 1 saturated carbocycles. The van der Waals surface area contributed by atoms with Crippen LogP contribution >= 0.6 is 11.6 Å². The van der Waals surface area contributed by atoms with E-state index in [-0.39, 0.29) is 34.8 Å². The van der Waals surface area contributed by atoms with E-state index < -0.39 is 45.9 Å². The van der Waals surface area contributed by atoms with E-state index in [2.05, 4.69) is 5.32 Å². The molecule has 0 saturated heterocycles. The Hall–Kier alpha value is -3.57. The summed E-state index contributed by atoms with van der Waals surface area (Å²) in [7, 11) is -4.57. The van der Waals surface area contributed by atoms with Crippen LogP contribution < -0.4 is 9.62 Å². The van der Waals surface area contributed by atoms with Crippen LogP contribution in [0.5, 0.6) is 0 Å². The zero-order valence-electron chi connectivity index (χ0n) is 24.3. The highest BCUT2D eigenvalue weighted by Crippen LogP contribution is 2.37. The number of nitrogens with one attached hydrogen (secondary N) is 1. The predicted molar refractivity (Wildman–Crippen MR) is 164 cm³/mol. The molecule has 1 N–H and O–H groups in total. The van der Waals surface area contributed by atoms with Gasteiger partial charge in [-0.2, -0.15) is 13.2 Å². The summed E-state index contributed by atoms with van der Waals surface area (Å²) < 4.78 is 69.6. The molecule has 0 bridgehead atoms. The average Bonchev–Trinajstić information content (AvgIpc) is 3.51. The summed E-state index contributed by atoms with van der Waals surface area (Å²) in [5.41, 5.74) is -0.725. The summed E-state index contributed by atoms with van der Waals surface area (Å²) in [4.78, 5) is 28.7. The SMILES string of the molecule is CC[C@@H](C(=O)NC1CCCC1)N(CCc1ccccc1)C(=O)CN(c1cc(C(F)(F)F)ccc1Cl)S(=O)(=O)c1ccccc1. The first-order valence-corrected chi connectivity index (χ1v) is 16.3. The van der Waals surface area contributed by atoms with E-state index >= 15 is 0 Å². The molecule has 12 heteroatoms. The highest BCUT2D eigenvalue weighted by atomic mass is 35.5. The van der Waals surface area contributed by atoms with E-state index in [0.29, 0.717) is 16.8 Å². The summed E-state index contributed by atoms with van der Waals surface area (Å²) in [6.45, 7) is 0.957. The molecule has 236 valence electrons. The van der Waals surface area contributed by atoms with E-state index in [1.165, 1.54) is 29.2 Å². The Morgan fingerprint density at radius 3 is 2.18 bits per heavy atom. The van der Waals surface area contributed by atoms with E-state index in [9.17, 15) is 31.2 Å². The third kappa shape index (κ3) is 8.12. The molecule has 4 rings (SSSR count). The molecule has 7 nitrogen and oxygen atoms in total. The highest BCUT2D eigenvalue weighted by molar-refractivity contribution is 7.92. The first-order valence-electron chi connectivity index (χ1n) is 14.5. The molecular formula is C32H35ClF3N3O4S. The third-order valence-electron chi connectivity index (χ3n) is 7.72. The highest BCUT2D eigenvalue weighted by Gasteiger charge is 2.37. The molecule has 0 heterocycles. The lowest BCUT2D eigenvalue weighted by molar-refractivity contribution is -0.139. The summed E-state index contributed by atoms with van der Waals surface area (Å²) in [6.07, 6.45) is -0.539. The lowest BCUT2D eigenvalue weighted by atomic mass is 10.1. The van der Waals surface area contributed by atoms with Crippen LogP contribution in [0.2, 0.25) is 5.02 Å². The second-order valence-corrected chi connectivity index (χ2v) is 13.0. The number of hydrogen-bond donors (Lipinski definition) is 1. The standard InChI is InChI=1S/C32H35ClF3N3O4S/c1-2-28(31(41)37-25-13-9-10-14-25)38(20-19-23-11-5-3-6-12-23)30(40)22-39(44(42,43)26-15-7-4-8-16-26)29-21-24(32(34,35)36)17-18-27(29)33/h3-8,11-12,15-18,21,25,28H,2,9-10,13-14,19-20,22H2,1H3,(H,37,41)/t28-/m0/s1. The largest absolute Gasteiger partial charge is 0.416 e. The maximum Gasteiger partial charge on any atom is 0.416 e. The van der Waals surface area contributed by atoms with Gasteiger partial charge in [-0.3, -0.25) is 13.9 Å². The van der Waals surface area contributed by atoms with Crippen LogP contribution in [0.15, 0.2) is 83.8 Å². The minimum absolute atomic E-state index is 0.0125. The van der Waals surface area contributed by atoms with Crippen molar-refractivity contribution in [1.82, 2.24) is 10.2 Å².